The lowest BCUT2D eigenvalue weighted by molar-refractivity contribution is 0.301. The molecule has 1 N–H and O–H groups in total. The molecule has 6 nitrogen and oxygen atoms in total. The van der Waals surface area contributed by atoms with Gasteiger partial charge in [0.2, 0.25) is 5.95 Å². The van der Waals surface area contributed by atoms with Gasteiger partial charge in [-0.25, -0.2) is 14.6 Å². The van der Waals surface area contributed by atoms with E-state index in [0.29, 0.717) is 17.9 Å². The van der Waals surface area contributed by atoms with Crippen LogP contribution in [0.3, 0.4) is 0 Å². The van der Waals surface area contributed by atoms with Crippen molar-refractivity contribution in [3.8, 4) is 0 Å². The Balaban J connectivity index is 1.41. The van der Waals surface area contributed by atoms with Gasteiger partial charge in [-0.1, -0.05) is 0 Å². The summed E-state index contributed by atoms with van der Waals surface area (Å²) in [5.74, 6) is 1.28. The van der Waals surface area contributed by atoms with Crippen molar-refractivity contribution in [1.82, 2.24) is 19.7 Å². The summed E-state index contributed by atoms with van der Waals surface area (Å²) in [6, 6.07) is 6.07. The van der Waals surface area contributed by atoms with Gasteiger partial charge in [-0.15, -0.1) is 0 Å². The van der Waals surface area contributed by atoms with Crippen LogP contribution < -0.4 is 10.9 Å². The predicted octanol–water partition coefficient (Wildman–Crippen LogP) is 2.81. The molecule has 2 heterocycles. The molecule has 0 aromatic carbocycles. The SMILES string of the molecule is Cc1ccnc(NC2CCC(n3nc(C4CC4)ccc3=O)CC2)n1. The summed E-state index contributed by atoms with van der Waals surface area (Å²) in [6.45, 7) is 1.97. The molecular weight excluding hydrogens is 302 g/mol. The lowest BCUT2D eigenvalue weighted by Crippen LogP contribution is -2.33. The summed E-state index contributed by atoms with van der Waals surface area (Å²) in [6.07, 6.45) is 8.13. The third-order valence-corrected chi connectivity index (χ3v) is 5.01. The van der Waals surface area contributed by atoms with Gasteiger partial charge in [0, 0.05) is 29.9 Å². The van der Waals surface area contributed by atoms with E-state index in [1.165, 1.54) is 12.8 Å². The summed E-state index contributed by atoms with van der Waals surface area (Å²) in [7, 11) is 0. The van der Waals surface area contributed by atoms with E-state index >= 15 is 0 Å². The normalized spacial score (nSPS) is 23.9. The highest BCUT2D eigenvalue weighted by atomic mass is 16.1. The van der Waals surface area contributed by atoms with Crippen LogP contribution in [0.4, 0.5) is 5.95 Å². The molecule has 2 saturated carbocycles. The van der Waals surface area contributed by atoms with Gasteiger partial charge in [0.15, 0.2) is 0 Å². The van der Waals surface area contributed by atoms with Crippen molar-refractivity contribution in [2.24, 2.45) is 0 Å². The molecule has 0 amide bonds. The van der Waals surface area contributed by atoms with Crippen LogP contribution >= 0.6 is 0 Å². The first-order chi connectivity index (χ1) is 11.7. The fourth-order valence-corrected chi connectivity index (χ4v) is 3.46. The smallest absolute Gasteiger partial charge is 0.267 e. The molecule has 2 aliphatic rings. The monoisotopic (exact) mass is 325 g/mol. The Labute approximate surface area is 141 Å². The molecule has 0 aliphatic heterocycles. The first-order valence-corrected chi connectivity index (χ1v) is 8.85. The van der Waals surface area contributed by atoms with Crippen LogP contribution in [-0.4, -0.2) is 25.8 Å². The van der Waals surface area contributed by atoms with Gasteiger partial charge in [0.1, 0.15) is 0 Å². The van der Waals surface area contributed by atoms with Crippen molar-refractivity contribution in [3.05, 3.63) is 46.1 Å². The average molecular weight is 325 g/mol. The largest absolute Gasteiger partial charge is 0.351 e. The molecule has 2 aliphatic carbocycles. The Bertz CT molecular complexity index is 775. The lowest BCUT2D eigenvalue weighted by atomic mass is 9.91. The fraction of sp³-hybridized carbons (Fsp3) is 0.556. The summed E-state index contributed by atoms with van der Waals surface area (Å²) in [5.41, 5.74) is 2.08. The Morgan fingerprint density at radius 3 is 2.58 bits per heavy atom. The van der Waals surface area contributed by atoms with Gasteiger partial charge in [-0.05, 0) is 57.6 Å². The first-order valence-electron chi connectivity index (χ1n) is 8.85. The van der Waals surface area contributed by atoms with Gasteiger partial charge in [0.25, 0.3) is 5.56 Å². The highest BCUT2D eigenvalue weighted by molar-refractivity contribution is 5.26. The van der Waals surface area contributed by atoms with E-state index < -0.39 is 0 Å². The third kappa shape index (κ3) is 3.32. The lowest BCUT2D eigenvalue weighted by Gasteiger charge is -2.29. The summed E-state index contributed by atoms with van der Waals surface area (Å²) in [5, 5.41) is 8.06. The Kier molecular flexibility index (Phi) is 4.04. The maximum Gasteiger partial charge on any atom is 0.267 e. The summed E-state index contributed by atoms with van der Waals surface area (Å²) < 4.78 is 1.73. The van der Waals surface area contributed by atoms with Crippen LogP contribution in [0.1, 0.15) is 61.9 Å². The van der Waals surface area contributed by atoms with Crippen LogP contribution in [0, 0.1) is 6.92 Å². The zero-order chi connectivity index (χ0) is 16.5. The zero-order valence-electron chi connectivity index (χ0n) is 14.0. The standard InChI is InChI=1S/C18H23N5O/c1-12-10-11-19-18(20-12)21-14-4-6-15(7-5-14)23-17(24)9-8-16(22-23)13-2-3-13/h8-11,13-15H,2-7H2,1H3,(H,19,20,21). The second kappa shape index (κ2) is 6.34. The molecule has 126 valence electrons. The Hall–Kier alpha value is -2.24. The minimum atomic E-state index is 0.0258. The Morgan fingerprint density at radius 2 is 1.88 bits per heavy atom. The molecule has 0 saturated heterocycles. The number of hydrogen-bond donors (Lipinski definition) is 1. The second-order valence-electron chi connectivity index (χ2n) is 6.99. The number of aromatic nitrogens is 4. The van der Waals surface area contributed by atoms with E-state index in [1.807, 2.05) is 19.1 Å². The predicted molar refractivity (Wildman–Crippen MR) is 92.2 cm³/mol. The number of nitrogens with zero attached hydrogens (tertiary/aromatic N) is 4. The number of rotatable bonds is 4. The quantitative estimate of drug-likeness (QED) is 0.936. The highest BCUT2D eigenvalue weighted by Gasteiger charge is 2.28. The summed E-state index contributed by atoms with van der Waals surface area (Å²) >= 11 is 0. The maximum atomic E-state index is 12.2. The molecule has 2 aromatic rings. The highest BCUT2D eigenvalue weighted by Crippen LogP contribution is 2.38. The van der Waals surface area contributed by atoms with E-state index in [0.717, 1.165) is 37.1 Å². The molecule has 2 fully saturated rings. The van der Waals surface area contributed by atoms with Crippen LogP contribution in [0.25, 0.3) is 0 Å². The molecule has 0 bridgehead atoms. The number of anilines is 1. The Morgan fingerprint density at radius 1 is 1.08 bits per heavy atom. The topological polar surface area (TPSA) is 72.7 Å². The fourth-order valence-electron chi connectivity index (χ4n) is 3.46. The average Bonchev–Trinajstić information content (AvgIpc) is 3.41. The molecule has 4 rings (SSSR count). The van der Waals surface area contributed by atoms with E-state index in [4.69, 9.17) is 0 Å². The second-order valence-corrected chi connectivity index (χ2v) is 6.99. The van der Waals surface area contributed by atoms with E-state index in [9.17, 15) is 4.79 Å². The van der Waals surface area contributed by atoms with Crippen molar-refractivity contribution in [1.29, 1.82) is 0 Å². The number of aryl methyl sites for hydroxylation is 1. The van der Waals surface area contributed by atoms with Crippen LogP contribution in [0.5, 0.6) is 0 Å². The van der Waals surface area contributed by atoms with E-state index in [2.05, 4.69) is 20.4 Å². The zero-order valence-corrected chi connectivity index (χ0v) is 14.0. The van der Waals surface area contributed by atoms with Gasteiger partial charge in [-0.3, -0.25) is 4.79 Å². The molecule has 0 atom stereocenters. The molecule has 24 heavy (non-hydrogen) atoms. The molecule has 2 aromatic heterocycles. The van der Waals surface area contributed by atoms with Crippen molar-refractivity contribution < 1.29 is 0 Å². The van der Waals surface area contributed by atoms with Crippen molar-refractivity contribution >= 4 is 5.95 Å². The van der Waals surface area contributed by atoms with E-state index in [1.54, 1.807) is 16.9 Å². The van der Waals surface area contributed by atoms with Crippen LogP contribution in [0.15, 0.2) is 29.2 Å². The van der Waals surface area contributed by atoms with Crippen molar-refractivity contribution in [3.63, 3.8) is 0 Å². The molecule has 0 radical (unpaired) electrons. The van der Waals surface area contributed by atoms with Gasteiger partial charge < -0.3 is 5.32 Å². The minimum Gasteiger partial charge on any atom is -0.351 e. The van der Waals surface area contributed by atoms with Gasteiger partial charge >= 0.3 is 0 Å². The number of hydrogen-bond acceptors (Lipinski definition) is 5. The van der Waals surface area contributed by atoms with Crippen LogP contribution in [0.2, 0.25) is 0 Å². The maximum absolute atomic E-state index is 12.2. The van der Waals surface area contributed by atoms with Crippen molar-refractivity contribution in [2.45, 2.75) is 63.5 Å². The summed E-state index contributed by atoms with van der Waals surface area (Å²) in [4.78, 5) is 20.9. The number of nitrogens with one attached hydrogen (secondary N) is 1. The molecular formula is C18H23N5O. The third-order valence-electron chi connectivity index (χ3n) is 5.01. The van der Waals surface area contributed by atoms with Gasteiger partial charge in [-0.2, -0.15) is 5.10 Å². The first kappa shape index (κ1) is 15.3. The van der Waals surface area contributed by atoms with E-state index in [-0.39, 0.29) is 11.6 Å². The molecule has 6 heteroatoms. The molecule has 0 unspecified atom stereocenters. The van der Waals surface area contributed by atoms with Gasteiger partial charge in [0.05, 0.1) is 11.7 Å². The van der Waals surface area contributed by atoms with Crippen LogP contribution in [-0.2, 0) is 0 Å². The molecule has 0 spiro atoms. The van der Waals surface area contributed by atoms with Crippen molar-refractivity contribution in [2.75, 3.05) is 5.32 Å². The minimum absolute atomic E-state index is 0.0258.